The minimum Gasteiger partial charge on any atom is -0.375 e. The molecule has 2 N–H and O–H groups in total. The Hall–Kier alpha value is -2.82. The van der Waals surface area contributed by atoms with Crippen LogP contribution in [0.1, 0.15) is 12.8 Å². The number of sulfonamides is 1. The molecule has 1 aromatic heterocycles. The smallest absolute Gasteiger partial charge is 0.250 e. The predicted molar refractivity (Wildman–Crippen MR) is 111 cm³/mol. The molecule has 160 valence electrons. The van der Waals surface area contributed by atoms with Crippen molar-refractivity contribution in [1.29, 1.82) is 0 Å². The van der Waals surface area contributed by atoms with Crippen LogP contribution >= 0.6 is 0 Å². The quantitative estimate of drug-likeness (QED) is 0.688. The van der Waals surface area contributed by atoms with Crippen LogP contribution in [-0.4, -0.2) is 56.3 Å². The highest BCUT2D eigenvalue weighted by Crippen LogP contribution is 2.25. The standard InChI is InChI=1S/C20H24N4O5S/c1-29-14-19(25)22-16-4-2-5-17(12-16)23-20(26)15-7-10-24(11-8-15)30(27,28)18-6-3-9-21-13-18/h2-6,9,12-13,15H,7-8,10-11,14H2,1H3,(H,22,25)(H,23,26). The van der Waals surface area contributed by atoms with Crippen LogP contribution in [0.25, 0.3) is 0 Å². The molecule has 0 saturated carbocycles. The minimum atomic E-state index is -3.60. The van der Waals surface area contributed by atoms with E-state index in [1.807, 2.05) is 0 Å². The summed E-state index contributed by atoms with van der Waals surface area (Å²) in [5.74, 6) is -0.756. The zero-order valence-electron chi connectivity index (χ0n) is 16.6. The van der Waals surface area contributed by atoms with Gasteiger partial charge in [0.1, 0.15) is 11.5 Å². The van der Waals surface area contributed by atoms with Gasteiger partial charge in [-0.1, -0.05) is 6.07 Å². The Balaban J connectivity index is 1.56. The fourth-order valence-electron chi connectivity index (χ4n) is 3.25. The molecule has 10 heteroatoms. The van der Waals surface area contributed by atoms with Gasteiger partial charge < -0.3 is 15.4 Å². The highest BCUT2D eigenvalue weighted by atomic mass is 32.2. The van der Waals surface area contributed by atoms with E-state index >= 15 is 0 Å². The van der Waals surface area contributed by atoms with Crippen LogP contribution in [0.5, 0.6) is 0 Å². The van der Waals surface area contributed by atoms with Gasteiger partial charge in [-0.2, -0.15) is 4.31 Å². The van der Waals surface area contributed by atoms with Crippen LogP contribution in [-0.2, 0) is 24.3 Å². The molecule has 0 bridgehead atoms. The Morgan fingerprint density at radius 1 is 1.13 bits per heavy atom. The van der Waals surface area contributed by atoms with Gasteiger partial charge in [0, 0.05) is 49.9 Å². The molecule has 0 spiro atoms. The molecule has 1 aliphatic heterocycles. The number of rotatable bonds is 7. The number of methoxy groups -OCH3 is 1. The summed E-state index contributed by atoms with van der Waals surface area (Å²) in [6.07, 6.45) is 3.70. The van der Waals surface area contributed by atoms with Crippen molar-refractivity contribution in [2.24, 2.45) is 5.92 Å². The summed E-state index contributed by atoms with van der Waals surface area (Å²) < 4.78 is 31.5. The van der Waals surface area contributed by atoms with Crippen molar-refractivity contribution >= 4 is 33.2 Å². The molecule has 1 aromatic carbocycles. The molecule has 2 amide bonds. The van der Waals surface area contributed by atoms with E-state index in [1.165, 1.54) is 29.9 Å². The molecule has 0 atom stereocenters. The highest BCUT2D eigenvalue weighted by molar-refractivity contribution is 7.89. The molecular formula is C20H24N4O5S. The largest absolute Gasteiger partial charge is 0.375 e. The molecular weight excluding hydrogens is 408 g/mol. The third-order valence-corrected chi connectivity index (χ3v) is 6.67. The zero-order valence-corrected chi connectivity index (χ0v) is 17.4. The van der Waals surface area contributed by atoms with Gasteiger partial charge in [-0.3, -0.25) is 14.6 Å². The van der Waals surface area contributed by atoms with Crippen LogP contribution in [0.2, 0.25) is 0 Å². The van der Waals surface area contributed by atoms with E-state index in [1.54, 1.807) is 30.3 Å². The first-order valence-electron chi connectivity index (χ1n) is 9.50. The SMILES string of the molecule is COCC(=O)Nc1cccc(NC(=O)C2CCN(S(=O)(=O)c3cccnc3)CC2)c1. The van der Waals surface area contributed by atoms with Gasteiger partial charge in [0.25, 0.3) is 0 Å². The normalized spacial score (nSPS) is 15.5. The monoisotopic (exact) mass is 432 g/mol. The van der Waals surface area contributed by atoms with Crippen LogP contribution < -0.4 is 10.6 Å². The van der Waals surface area contributed by atoms with Crippen LogP contribution in [0.4, 0.5) is 11.4 Å². The number of carbonyl (C=O) groups excluding carboxylic acids is 2. The molecule has 0 radical (unpaired) electrons. The highest BCUT2D eigenvalue weighted by Gasteiger charge is 2.32. The molecule has 0 unspecified atom stereocenters. The van der Waals surface area contributed by atoms with Gasteiger partial charge >= 0.3 is 0 Å². The van der Waals surface area contributed by atoms with Gasteiger partial charge in [-0.15, -0.1) is 0 Å². The summed E-state index contributed by atoms with van der Waals surface area (Å²) in [5, 5.41) is 5.52. The summed E-state index contributed by atoms with van der Waals surface area (Å²) in [7, 11) is -2.17. The maximum atomic E-state index is 12.7. The molecule has 2 heterocycles. The Kier molecular flexibility index (Phi) is 7.14. The summed E-state index contributed by atoms with van der Waals surface area (Å²) in [4.78, 5) is 28.3. The number of ether oxygens (including phenoxy) is 1. The van der Waals surface area contributed by atoms with Crippen molar-refractivity contribution in [3.63, 3.8) is 0 Å². The van der Waals surface area contributed by atoms with Gasteiger partial charge in [0.15, 0.2) is 0 Å². The van der Waals surface area contributed by atoms with E-state index < -0.39 is 10.0 Å². The lowest BCUT2D eigenvalue weighted by Gasteiger charge is -2.30. The third kappa shape index (κ3) is 5.41. The Morgan fingerprint density at radius 2 is 1.83 bits per heavy atom. The van der Waals surface area contributed by atoms with E-state index in [9.17, 15) is 18.0 Å². The number of hydrogen-bond acceptors (Lipinski definition) is 6. The lowest BCUT2D eigenvalue weighted by molar-refractivity contribution is -0.121. The number of pyridine rings is 1. The van der Waals surface area contributed by atoms with Crippen molar-refractivity contribution in [2.45, 2.75) is 17.7 Å². The number of nitrogens with zero attached hydrogens (tertiary/aromatic N) is 2. The molecule has 1 saturated heterocycles. The molecule has 1 aliphatic rings. The van der Waals surface area contributed by atoms with Crippen molar-refractivity contribution in [3.8, 4) is 0 Å². The first kappa shape index (κ1) is 21.9. The van der Waals surface area contributed by atoms with E-state index in [0.717, 1.165) is 0 Å². The predicted octanol–water partition coefficient (Wildman–Crippen LogP) is 1.71. The first-order valence-corrected chi connectivity index (χ1v) is 10.9. The molecule has 0 aliphatic carbocycles. The van der Waals surface area contributed by atoms with Crippen molar-refractivity contribution in [1.82, 2.24) is 9.29 Å². The second-order valence-corrected chi connectivity index (χ2v) is 8.86. The average molecular weight is 433 g/mol. The van der Waals surface area contributed by atoms with E-state index in [-0.39, 0.29) is 42.3 Å². The molecule has 1 fully saturated rings. The Labute approximate surface area is 175 Å². The topological polar surface area (TPSA) is 118 Å². The summed E-state index contributed by atoms with van der Waals surface area (Å²) in [6.45, 7) is 0.474. The summed E-state index contributed by atoms with van der Waals surface area (Å²) >= 11 is 0. The molecule has 30 heavy (non-hydrogen) atoms. The van der Waals surface area contributed by atoms with E-state index in [4.69, 9.17) is 4.74 Å². The lowest BCUT2D eigenvalue weighted by atomic mass is 9.97. The van der Waals surface area contributed by atoms with Crippen molar-refractivity contribution < 1.29 is 22.7 Å². The number of anilines is 2. The lowest BCUT2D eigenvalue weighted by Crippen LogP contribution is -2.41. The van der Waals surface area contributed by atoms with Crippen LogP contribution in [0.3, 0.4) is 0 Å². The fourth-order valence-corrected chi connectivity index (χ4v) is 4.69. The second-order valence-electron chi connectivity index (χ2n) is 6.92. The number of carbonyl (C=O) groups is 2. The number of benzene rings is 1. The van der Waals surface area contributed by atoms with Crippen molar-refractivity contribution in [3.05, 3.63) is 48.8 Å². The minimum absolute atomic E-state index is 0.0584. The number of nitrogens with one attached hydrogen (secondary N) is 2. The summed E-state index contributed by atoms with van der Waals surface area (Å²) in [6, 6.07) is 9.92. The van der Waals surface area contributed by atoms with Gasteiger partial charge in [0.2, 0.25) is 21.8 Å². The number of piperidine rings is 1. The van der Waals surface area contributed by atoms with Crippen LogP contribution in [0.15, 0.2) is 53.7 Å². The molecule has 9 nitrogen and oxygen atoms in total. The number of hydrogen-bond donors (Lipinski definition) is 2. The number of amides is 2. The maximum absolute atomic E-state index is 12.7. The fraction of sp³-hybridized carbons (Fsp3) is 0.350. The van der Waals surface area contributed by atoms with Gasteiger partial charge in [-0.25, -0.2) is 8.42 Å². The number of aromatic nitrogens is 1. The van der Waals surface area contributed by atoms with Gasteiger partial charge in [-0.05, 0) is 43.2 Å². The maximum Gasteiger partial charge on any atom is 0.250 e. The third-order valence-electron chi connectivity index (χ3n) is 4.79. The molecule has 2 aromatic rings. The first-order chi connectivity index (χ1) is 14.4. The van der Waals surface area contributed by atoms with E-state index in [0.29, 0.717) is 24.2 Å². The van der Waals surface area contributed by atoms with E-state index in [2.05, 4.69) is 15.6 Å². The second kappa shape index (κ2) is 9.79. The Morgan fingerprint density at radius 3 is 2.47 bits per heavy atom. The van der Waals surface area contributed by atoms with Crippen LogP contribution in [0, 0.1) is 5.92 Å². The van der Waals surface area contributed by atoms with Gasteiger partial charge in [0.05, 0.1) is 0 Å². The molecule has 3 rings (SSSR count). The Bertz CT molecular complexity index is 989. The average Bonchev–Trinajstić information content (AvgIpc) is 2.75. The zero-order chi connectivity index (χ0) is 21.6. The van der Waals surface area contributed by atoms with Crippen molar-refractivity contribution in [2.75, 3.05) is 37.4 Å². The summed E-state index contributed by atoms with van der Waals surface area (Å²) in [5.41, 5.74) is 1.10.